The summed E-state index contributed by atoms with van der Waals surface area (Å²) in [5.74, 6) is -0.914. The standard InChI is InChI=1S/C14H17NO5/c1-3-5-6-9-7-12(17)20-10-8-11(16)15(19-4-2)14(18)13(9)10/h7H,3-6,8H2,1-2H3. The fraction of sp³-hybridized carbons (Fsp3) is 0.500. The van der Waals surface area contributed by atoms with E-state index >= 15 is 0 Å². The monoisotopic (exact) mass is 279 g/mol. The summed E-state index contributed by atoms with van der Waals surface area (Å²) >= 11 is 0. The molecule has 0 saturated carbocycles. The van der Waals surface area contributed by atoms with Crippen molar-refractivity contribution in [1.29, 1.82) is 0 Å². The molecule has 2 rings (SSSR count). The molecule has 0 aliphatic carbocycles. The van der Waals surface area contributed by atoms with Crippen molar-refractivity contribution in [3.05, 3.63) is 33.4 Å². The van der Waals surface area contributed by atoms with Crippen molar-refractivity contribution in [3.63, 3.8) is 0 Å². The predicted octanol–water partition coefficient (Wildman–Crippen LogP) is 1.46. The summed E-state index contributed by atoms with van der Waals surface area (Å²) in [6.45, 7) is 3.93. The van der Waals surface area contributed by atoms with E-state index in [0.717, 1.165) is 17.9 Å². The number of hydrogen-bond donors (Lipinski definition) is 0. The molecule has 1 aliphatic heterocycles. The van der Waals surface area contributed by atoms with E-state index in [-0.39, 0.29) is 18.8 Å². The number of rotatable bonds is 5. The number of carbonyl (C=O) groups is 2. The summed E-state index contributed by atoms with van der Waals surface area (Å²) in [6.07, 6.45) is 2.27. The van der Waals surface area contributed by atoms with Gasteiger partial charge in [-0.05, 0) is 25.3 Å². The van der Waals surface area contributed by atoms with Gasteiger partial charge >= 0.3 is 5.63 Å². The fourth-order valence-corrected chi connectivity index (χ4v) is 2.22. The van der Waals surface area contributed by atoms with E-state index in [1.165, 1.54) is 6.07 Å². The second-order valence-electron chi connectivity index (χ2n) is 4.58. The van der Waals surface area contributed by atoms with E-state index < -0.39 is 17.4 Å². The van der Waals surface area contributed by atoms with Crippen molar-refractivity contribution >= 4 is 11.8 Å². The predicted molar refractivity (Wildman–Crippen MR) is 70.1 cm³/mol. The Labute approximate surface area is 116 Å². The Balaban J connectivity index is 2.47. The van der Waals surface area contributed by atoms with E-state index in [9.17, 15) is 14.4 Å². The van der Waals surface area contributed by atoms with Crippen molar-refractivity contribution in [2.45, 2.75) is 39.5 Å². The summed E-state index contributed by atoms with van der Waals surface area (Å²) in [6, 6.07) is 1.33. The van der Waals surface area contributed by atoms with Crippen LogP contribution >= 0.6 is 0 Å². The Morgan fingerprint density at radius 2 is 2.05 bits per heavy atom. The minimum absolute atomic E-state index is 0.129. The summed E-state index contributed by atoms with van der Waals surface area (Å²) in [7, 11) is 0. The average Bonchev–Trinajstić information content (AvgIpc) is 2.40. The molecule has 0 radical (unpaired) electrons. The number of nitrogens with zero attached hydrogens (tertiary/aromatic N) is 1. The number of fused-ring (bicyclic) bond motifs is 1. The second kappa shape index (κ2) is 6.00. The molecule has 0 spiro atoms. The van der Waals surface area contributed by atoms with Crippen LogP contribution in [0, 0.1) is 0 Å². The Kier molecular flexibility index (Phi) is 4.34. The van der Waals surface area contributed by atoms with Crippen LogP contribution in [0.25, 0.3) is 0 Å². The van der Waals surface area contributed by atoms with Crippen molar-refractivity contribution in [1.82, 2.24) is 5.06 Å². The van der Waals surface area contributed by atoms with Gasteiger partial charge in [0, 0.05) is 6.07 Å². The molecule has 1 aromatic rings. The van der Waals surface area contributed by atoms with Crippen molar-refractivity contribution < 1.29 is 18.8 Å². The zero-order chi connectivity index (χ0) is 14.7. The number of aryl methyl sites for hydroxylation is 1. The molecule has 0 bridgehead atoms. The smallest absolute Gasteiger partial charge is 0.336 e. The Morgan fingerprint density at radius 3 is 2.70 bits per heavy atom. The van der Waals surface area contributed by atoms with E-state index in [0.29, 0.717) is 17.5 Å². The maximum atomic E-state index is 12.3. The van der Waals surface area contributed by atoms with Crippen LogP contribution in [0.4, 0.5) is 0 Å². The number of hydroxylamine groups is 2. The first-order valence-electron chi connectivity index (χ1n) is 6.74. The molecule has 6 heteroatoms. The molecule has 1 aromatic heterocycles. The van der Waals surface area contributed by atoms with Gasteiger partial charge in [-0.15, -0.1) is 5.06 Å². The van der Waals surface area contributed by atoms with Crippen LogP contribution in [-0.4, -0.2) is 23.5 Å². The van der Waals surface area contributed by atoms with Gasteiger partial charge in [0.15, 0.2) is 0 Å². The van der Waals surface area contributed by atoms with Crippen LogP contribution < -0.4 is 5.63 Å². The second-order valence-corrected chi connectivity index (χ2v) is 4.58. The van der Waals surface area contributed by atoms with Gasteiger partial charge in [-0.1, -0.05) is 13.3 Å². The van der Waals surface area contributed by atoms with Gasteiger partial charge < -0.3 is 4.42 Å². The summed E-state index contributed by atoms with van der Waals surface area (Å²) < 4.78 is 5.01. The van der Waals surface area contributed by atoms with Crippen molar-refractivity contribution in [3.8, 4) is 0 Å². The van der Waals surface area contributed by atoms with Gasteiger partial charge in [0.2, 0.25) is 0 Å². The highest BCUT2D eigenvalue weighted by Gasteiger charge is 2.35. The molecule has 2 heterocycles. The van der Waals surface area contributed by atoms with Crippen molar-refractivity contribution in [2.75, 3.05) is 6.61 Å². The Morgan fingerprint density at radius 1 is 1.30 bits per heavy atom. The first-order chi connectivity index (χ1) is 9.58. The molecule has 6 nitrogen and oxygen atoms in total. The molecule has 0 aromatic carbocycles. The van der Waals surface area contributed by atoms with E-state index in [2.05, 4.69) is 0 Å². The van der Waals surface area contributed by atoms with Crippen LogP contribution in [0.2, 0.25) is 0 Å². The van der Waals surface area contributed by atoms with E-state index in [1.54, 1.807) is 6.92 Å². The molecular weight excluding hydrogens is 262 g/mol. The summed E-state index contributed by atoms with van der Waals surface area (Å²) in [4.78, 5) is 40.7. The molecule has 108 valence electrons. The Hall–Kier alpha value is -1.95. The quantitative estimate of drug-likeness (QED) is 0.763. The van der Waals surface area contributed by atoms with Gasteiger partial charge in [-0.25, -0.2) is 4.79 Å². The summed E-state index contributed by atoms with van der Waals surface area (Å²) in [5.41, 5.74) is 0.395. The lowest BCUT2D eigenvalue weighted by atomic mass is 9.98. The lowest BCUT2D eigenvalue weighted by molar-refractivity contribution is -0.169. The minimum atomic E-state index is -0.548. The normalized spacial score (nSPS) is 14.6. The number of hydrogen-bond acceptors (Lipinski definition) is 5. The highest BCUT2D eigenvalue weighted by Crippen LogP contribution is 2.23. The maximum absolute atomic E-state index is 12.3. The first kappa shape index (κ1) is 14.5. The molecular formula is C14H17NO5. The summed E-state index contributed by atoms with van der Waals surface area (Å²) in [5, 5.41) is 0.762. The number of amides is 2. The molecule has 1 aliphatic rings. The zero-order valence-electron chi connectivity index (χ0n) is 11.6. The van der Waals surface area contributed by atoms with Gasteiger partial charge in [0.05, 0.1) is 18.6 Å². The molecule has 0 fully saturated rings. The lowest BCUT2D eigenvalue weighted by Gasteiger charge is -2.25. The topological polar surface area (TPSA) is 76.8 Å². The molecule has 20 heavy (non-hydrogen) atoms. The minimum Gasteiger partial charge on any atom is -0.426 e. The molecule has 2 amide bonds. The van der Waals surface area contributed by atoms with Gasteiger partial charge in [0.25, 0.3) is 11.8 Å². The number of carbonyl (C=O) groups excluding carboxylic acids is 2. The maximum Gasteiger partial charge on any atom is 0.336 e. The van der Waals surface area contributed by atoms with Gasteiger partial charge in [-0.2, -0.15) is 0 Å². The van der Waals surface area contributed by atoms with Crippen molar-refractivity contribution in [2.24, 2.45) is 0 Å². The van der Waals surface area contributed by atoms with Crippen LogP contribution in [0.3, 0.4) is 0 Å². The van der Waals surface area contributed by atoms with E-state index in [1.807, 2.05) is 6.92 Å². The molecule has 0 atom stereocenters. The van der Waals surface area contributed by atoms with Crippen LogP contribution in [0.5, 0.6) is 0 Å². The average molecular weight is 279 g/mol. The number of unbranched alkanes of at least 4 members (excludes halogenated alkanes) is 1. The molecule has 0 saturated heterocycles. The largest absolute Gasteiger partial charge is 0.426 e. The number of imide groups is 1. The van der Waals surface area contributed by atoms with Crippen LogP contribution in [-0.2, 0) is 22.5 Å². The van der Waals surface area contributed by atoms with Crippen LogP contribution in [0.15, 0.2) is 15.3 Å². The van der Waals surface area contributed by atoms with Gasteiger partial charge in [0.1, 0.15) is 5.76 Å². The lowest BCUT2D eigenvalue weighted by Crippen LogP contribution is -2.43. The van der Waals surface area contributed by atoms with E-state index in [4.69, 9.17) is 9.25 Å². The SMILES string of the molecule is CCCCc1cc(=O)oc2c1C(=O)N(OCC)C(=O)C2. The Bertz CT molecular complexity index is 590. The molecule has 0 N–H and O–H groups in total. The fourth-order valence-electron chi connectivity index (χ4n) is 2.22. The van der Waals surface area contributed by atoms with Gasteiger partial charge in [-0.3, -0.25) is 14.4 Å². The van der Waals surface area contributed by atoms with Crippen LogP contribution in [0.1, 0.15) is 48.4 Å². The third-order valence-corrected chi connectivity index (χ3v) is 3.11. The zero-order valence-corrected chi connectivity index (χ0v) is 11.6. The highest BCUT2D eigenvalue weighted by atomic mass is 16.7. The highest BCUT2D eigenvalue weighted by molar-refractivity contribution is 6.08. The molecule has 0 unspecified atom stereocenters. The third kappa shape index (κ3) is 2.65. The third-order valence-electron chi connectivity index (χ3n) is 3.11. The first-order valence-corrected chi connectivity index (χ1v) is 6.74.